The van der Waals surface area contributed by atoms with Gasteiger partial charge in [-0.05, 0) is 50.3 Å². The molecule has 1 saturated heterocycles. The van der Waals surface area contributed by atoms with Crippen LogP contribution in [0.25, 0.3) is 11.1 Å². The molecule has 9 heteroatoms. The third-order valence-electron chi connectivity index (χ3n) is 6.45. The molecule has 35 heavy (non-hydrogen) atoms. The number of benzene rings is 1. The molecule has 2 aromatic heterocycles. The van der Waals surface area contributed by atoms with Crippen molar-refractivity contribution in [2.24, 2.45) is 5.92 Å². The number of rotatable bonds is 5. The number of alkyl halides is 3. The molecule has 1 aliphatic rings. The summed E-state index contributed by atoms with van der Waals surface area (Å²) in [6, 6.07) is 9.55. The maximum absolute atomic E-state index is 13.9. The number of hydrogen-bond acceptors (Lipinski definition) is 5. The summed E-state index contributed by atoms with van der Waals surface area (Å²) in [5, 5.41) is 3.03. The van der Waals surface area contributed by atoms with Gasteiger partial charge in [0.1, 0.15) is 0 Å². The minimum absolute atomic E-state index is 0.0732. The Morgan fingerprint density at radius 3 is 2.49 bits per heavy atom. The summed E-state index contributed by atoms with van der Waals surface area (Å²) in [4.78, 5) is 27.7. The number of amides is 1. The molecule has 1 aromatic carbocycles. The number of hydrogen-bond donors (Lipinski definition) is 1. The highest BCUT2D eigenvalue weighted by Gasteiger charge is 2.34. The zero-order valence-electron chi connectivity index (χ0n) is 19.9. The Kier molecular flexibility index (Phi) is 7.05. The second-order valence-corrected chi connectivity index (χ2v) is 9.10. The lowest BCUT2D eigenvalue weighted by atomic mass is 9.89. The van der Waals surface area contributed by atoms with E-state index in [-0.39, 0.29) is 23.8 Å². The van der Waals surface area contributed by atoms with E-state index >= 15 is 0 Å². The van der Waals surface area contributed by atoms with Gasteiger partial charge in [-0.1, -0.05) is 30.7 Å². The summed E-state index contributed by atoms with van der Waals surface area (Å²) in [7, 11) is 0. The van der Waals surface area contributed by atoms with Crippen LogP contribution in [0.15, 0.2) is 48.9 Å². The highest BCUT2D eigenvalue weighted by Crippen LogP contribution is 2.31. The van der Waals surface area contributed by atoms with Crippen LogP contribution in [0.3, 0.4) is 0 Å². The van der Waals surface area contributed by atoms with Gasteiger partial charge in [-0.25, -0.2) is 9.97 Å². The predicted molar refractivity (Wildman–Crippen MR) is 128 cm³/mol. The number of halogens is 3. The molecule has 0 radical (unpaired) electrons. The van der Waals surface area contributed by atoms with Gasteiger partial charge in [0.05, 0.1) is 11.6 Å². The third kappa shape index (κ3) is 5.61. The molecular weight excluding hydrogens is 455 g/mol. The Bertz CT molecular complexity index is 1180. The topological polar surface area (TPSA) is 71.0 Å². The van der Waals surface area contributed by atoms with E-state index in [0.29, 0.717) is 18.7 Å². The van der Waals surface area contributed by atoms with Gasteiger partial charge in [0, 0.05) is 48.5 Å². The van der Waals surface area contributed by atoms with Crippen molar-refractivity contribution >= 4 is 11.9 Å². The van der Waals surface area contributed by atoms with Crippen LogP contribution in [-0.4, -0.2) is 44.9 Å². The van der Waals surface area contributed by atoms with Crippen molar-refractivity contribution in [1.82, 2.24) is 19.9 Å². The lowest BCUT2D eigenvalue weighted by Gasteiger charge is -2.40. The Morgan fingerprint density at radius 1 is 1.09 bits per heavy atom. The van der Waals surface area contributed by atoms with Crippen LogP contribution < -0.4 is 5.32 Å². The van der Waals surface area contributed by atoms with Crippen molar-refractivity contribution in [1.29, 1.82) is 0 Å². The third-order valence-corrected chi connectivity index (χ3v) is 6.45. The molecule has 184 valence electrons. The van der Waals surface area contributed by atoms with E-state index in [4.69, 9.17) is 0 Å². The van der Waals surface area contributed by atoms with Crippen molar-refractivity contribution in [3.05, 3.63) is 71.3 Å². The number of nitrogens with zero attached hydrogens (tertiary/aromatic N) is 4. The molecule has 1 amide bonds. The highest BCUT2D eigenvalue weighted by molar-refractivity contribution is 6.01. The minimum atomic E-state index is -4.49. The second kappa shape index (κ2) is 10.0. The first kappa shape index (κ1) is 24.6. The number of aromatic nitrogens is 3. The van der Waals surface area contributed by atoms with Crippen LogP contribution in [0.5, 0.6) is 0 Å². The Labute approximate surface area is 202 Å². The van der Waals surface area contributed by atoms with Gasteiger partial charge in [0.25, 0.3) is 5.91 Å². The largest absolute Gasteiger partial charge is 0.419 e. The zero-order valence-corrected chi connectivity index (χ0v) is 19.9. The summed E-state index contributed by atoms with van der Waals surface area (Å²) in [5.41, 5.74) is 3.29. The van der Waals surface area contributed by atoms with Gasteiger partial charge in [0.2, 0.25) is 5.95 Å². The summed E-state index contributed by atoms with van der Waals surface area (Å²) < 4.78 is 38.4. The van der Waals surface area contributed by atoms with Gasteiger partial charge in [-0.2, -0.15) is 13.2 Å². The molecule has 0 aliphatic carbocycles. The number of pyridine rings is 1. The first-order valence-corrected chi connectivity index (χ1v) is 11.6. The minimum Gasteiger partial charge on any atom is -0.352 e. The van der Waals surface area contributed by atoms with E-state index in [2.05, 4.69) is 27.2 Å². The first-order valence-electron chi connectivity index (χ1n) is 11.6. The maximum atomic E-state index is 13.9. The number of carbonyl (C=O) groups excluding carboxylic acids is 1. The molecule has 0 bridgehead atoms. The predicted octanol–water partition coefficient (Wildman–Crippen LogP) is 5.53. The summed E-state index contributed by atoms with van der Waals surface area (Å²) in [5.74, 6) is 0.227. The van der Waals surface area contributed by atoms with Crippen molar-refractivity contribution in [2.45, 2.75) is 45.8 Å². The molecule has 0 saturated carbocycles. The fourth-order valence-electron chi connectivity index (χ4n) is 4.44. The summed E-state index contributed by atoms with van der Waals surface area (Å²) >= 11 is 0. The molecule has 3 heterocycles. The van der Waals surface area contributed by atoms with E-state index in [9.17, 15) is 18.0 Å². The fourth-order valence-corrected chi connectivity index (χ4v) is 4.44. The van der Waals surface area contributed by atoms with Crippen LogP contribution in [0, 0.1) is 19.8 Å². The number of carbonyl (C=O) groups is 1. The highest BCUT2D eigenvalue weighted by atomic mass is 19.4. The number of likely N-dealkylation sites (tertiary alicyclic amines) is 1. The van der Waals surface area contributed by atoms with Crippen LogP contribution >= 0.6 is 0 Å². The van der Waals surface area contributed by atoms with E-state index < -0.39 is 11.7 Å². The van der Waals surface area contributed by atoms with Crippen molar-refractivity contribution in [2.75, 3.05) is 18.4 Å². The Hall–Kier alpha value is -3.49. The molecule has 2 atom stereocenters. The van der Waals surface area contributed by atoms with Crippen LogP contribution in [0.1, 0.15) is 46.9 Å². The van der Waals surface area contributed by atoms with E-state index in [1.807, 2.05) is 49.1 Å². The normalized spacial score (nSPS) is 18.4. The molecule has 1 N–H and O–H groups in total. The number of aryl methyl sites for hydroxylation is 2. The molecule has 0 unspecified atom stereocenters. The van der Waals surface area contributed by atoms with Crippen molar-refractivity contribution in [3.8, 4) is 11.1 Å². The first-order chi connectivity index (χ1) is 16.6. The lowest BCUT2D eigenvalue weighted by molar-refractivity contribution is -0.138. The monoisotopic (exact) mass is 483 g/mol. The fraction of sp³-hybridized carbons (Fsp3) is 0.385. The van der Waals surface area contributed by atoms with Gasteiger partial charge >= 0.3 is 6.18 Å². The number of piperidine rings is 1. The van der Waals surface area contributed by atoms with Crippen LogP contribution in [0.2, 0.25) is 0 Å². The molecule has 4 rings (SSSR count). The average molecular weight is 484 g/mol. The summed E-state index contributed by atoms with van der Waals surface area (Å²) in [6.45, 7) is 6.89. The van der Waals surface area contributed by atoms with E-state index in [1.165, 1.54) is 0 Å². The van der Waals surface area contributed by atoms with Crippen molar-refractivity contribution in [3.63, 3.8) is 0 Å². The van der Waals surface area contributed by atoms with Gasteiger partial charge in [-0.15, -0.1) is 0 Å². The van der Waals surface area contributed by atoms with Crippen LogP contribution in [0.4, 0.5) is 19.1 Å². The van der Waals surface area contributed by atoms with Crippen LogP contribution in [-0.2, 0) is 6.18 Å². The molecule has 1 fully saturated rings. The Balaban J connectivity index is 1.58. The zero-order chi connectivity index (χ0) is 25.2. The number of anilines is 1. The number of nitrogens with one attached hydrogen (secondary N) is 1. The van der Waals surface area contributed by atoms with E-state index in [1.54, 1.807) is 6.20 Å². The summed E-state index contributed by atoms with van der Waals surface area (Å²) in [6.07, 6.45) is 0.642. The molecule has 0 spiro atoms. The molecule has 6 nitrogen and oxygen atoms in total. The van der Waals surface area contributed by atoms with E-state index in [0.717, 1.165) is 47.6 Å². The van der Waals surface area contributed by atoms with Gasteiger partial charge in [0.15, 0.2) is 0 Å². The quantitative estimate of drug-likeness (QED) is 0.517. The molecular formula is C26H28F3N5O. The smallest absolute Gasteiger partial charge is 0.352 e. The lowest BCUT2D eigenvalue weighted by Crippen LogP contribution is -2.51. The second-order valence-electron chi connectivity index (χ2n) is 9.10. The maximum Gasteiger partial charge on any atom is 0.419 e. The standard InChI is InChI=1S/C26H28F3N5O/c1-16-6-9-21(19-8-7-18(3)30-12-19)22(11-16)24(35)34-10-4-5-17(2)23(34)15-33-25-31-13-20(14-32-25)26(27,28)29/h6-9,11-14,17,23H,4-5,10,15H2,1-3H3,(H,31,32,33)/t17-,23-/m1/s1. The van der Waals surface area contributed by atoms with Gasteiger partial charge < -0.3 is 10.2 Å². The molecule has 3 aromatic rings. The Morgan fingerprint density at radius 2 is 1.83 bits per heavy atom. The SMILES string of the molecule is Cc1ccc(-c2ccc(C)nc2)c(C(=O)N2CCC[C@@H](C)[C@H]2CNc2ncc(C(F)(F)F)cn2)c1. The van der Waals surface area contributed by atoms with Gasteiger partial charge in [-0.3, -0.25) is 9.78 Å². The average Bonchev–Trinajstić information content (AvgIpc) is 2.83. The van der Waals surface area contributed by atoms with Crippen molar-refractivity contribution < 1.29 is 18.0 Å². The molecule has 1 aliphatic heterocycles.